The lowest BCUT2D eigenvalue weighted by Crippen LogP contribution is -2.40. The van der Waals surface area contributed by atoms with Gasteiger partial charge in [-0.15, -0.1) is 6.58 Å². The van der Waals surface area contributed by atoms with Gasteiger partial charge in [0.2, 0.25) is 0 Å². The normalized spacial score (nSPS) is 40.8. The lowest BCUT2D eigenvalue weighted by atomic mass is 9.84. The minimum Gasteiger partial charge on any atom is -0.458 e. The predicted molar refractivity (Wildman–Crippen MR) is 63.4 cm³/mol. The summed E-state index contributed by atoms with van der Waals surface area (Å²) in [7, 11) is 0. The average Bonchev–Trinajstić information content (AvgIpc) is 2.63. The number of esters is 1. The predicted octanol–water partition coefficient (Wildman–Crippen LogP) is 2.71. The van der Waals surface area contributed by atoms with Gasteiger partial charge in [-0.3, -0.25) is 4.79 Å². The summed E-state index contributed by atoms with van der Waals surface area (Å²) in [5, 5.41) is 0. The van der Waals surface area contributed by atoms with Crippen molar-refractivity contribution in [3.05, 3.63) is 12.7 Å². The third-order valence-electron chi connectivity index (χ3n) is 3.62. The summed E-state index contributed by atoms with van der Waals surface area (Å²) >= 11 is 2.35. The molecule has 1 heterocycles. The van der Waals surface area contributed by atoms with E-state index in [1.54, 1.807) is 0 Å². The molecule has 0 aromatic heterocycles. The van der Waals surface area contributed by atoms with Gasteiger partial charge in [0.15, 0.2) is 0 Å². The van der Waals surface area contributed by atoms with E-state index in [4.69, 9.17) is 4.74 Å². The number of allylic oxidation sites excluding steroid dienone is 1. The fourth-order valence-electron chi connectivity index (χ4n) is 2.88. The summed E-state index contributed by atoms with van der Waals surface area (Å²) < 4.78 is 6.52. The molecule has 2 aliphatic rings. The Balaban J connectivity index is 2.22. The summed E-state index contributed by atoms with van der Waals surface area (Å²) in [6, 6.07) is 0. The van der Waals surface area contributed by atoms with Crippen molar-refractivity contribution in [1.82, 2.24) is 0 Å². The van der Waals surface area contributed by atoms with Crippen molar-refractivity contribution < 1.29 is 9.53 Å². The fraction of sp³-hybridized carbons (Fsp3) is 0.727. The Morgan fingerprint density at radius 1 is 1.64 bits per heavy atom. The lowest BCUT2D eigenvalue weighted by Gasteiger charge is -2.31. The molecular weight excluding hydrogens is 291 g/mol. The molecule has 0 aromatic carbocycles. The number of ether oxygens (including phenoxy) is 1. The van der Waals surface area contributed by atoms with E-state index in [-0.39, 0.29) is 11.6 Å². The maximum absolute atomic E-state index is 11.3. The first-order valence-corrected chi connectivity index (χ1v) is 6.64. The van der Waals surface area contributed by atoms with Crippen molar-refractivity contribution >= 4 is 28.6 Å². The molecule has 78 valence electrons. The molecule has 3 unspecified atom stereocenters. The van der Waals surface area contributed by atoms with Gasteiger partial charge in [-0.25, -0.2) is 0 Å². The zero-order valence-corrected chi connectivity index (χ0v) is 10.3. The third kappa shape index (κ3) is 1.40. The number of rotatable bonds is 3. The van der Waals surface area contributed by atoms with Crippen LogP contribution in [-0.2, 0) is 9.53 Å². The Bertz CT molecular complexity index is 264. The molecule has 2 rings (SSSR count). The summed E-state index contributed by atoms with van der Waals surface area (Å²) in [6.45, 7) is 3.78. The quantitative estimate of drug-likeness (QED) is 0.347. The molecule has 0 bridgehead atoms. The molecule has 0 aromatic rings. The van der Waals surface area contributed by atoms with Crippen LogP contribution >= 0.6 is 22.6 Å². The van der Waals surface area contributed by atoms with E-state index in [2.05, 4.69) is 29.2 Å². The minimum absolute atomic E-state index is 0.000397. The molecule has 1 aliphatic carbocycles. The van der Waals surface area contributed by atoms with Crippen LogP contribution in [0.1, 0.15) is 25.7 Å². The molecule has 1 saturated heterocycles. The fourth-order valence-corrected chi connectivity index (χ4v) is 4.29. The molecular formula is C11H15IO2. The standard InChI is InChI=1S/C11H15IO2/c1-2-3-8-4-5-9-6-10(13)14-11(8,9)7-12/h2,8-9H,1,3-7H2. The number of carbonyl (C=O) groups is 1. The van der Waals surface area contributed by atoms with E-state index in [1.165, 1.54) is 6.42 Å². The topological polar surface area (TPSA) is 26.3 Å². The second kappa shape index (κ2) is 3.83. The largest absolute Gasteiger partial charge is 0.458 e. The third-order valence-corrected chi connectivity index (χ3v) is 4.81. The molecule has 0 amide bonds. The molecule has 2 nitrogen and oxygen atoms in total. The molecule has 3 heteroatoms. The molecule has 1 aliphatic heterocycles. The highest BCUT2D eigenvalue weighted by molar-refractivity contribution is 14.1. The van der Waals surface area contributed by atoms with Gasteiger partial charge in [0.05, 0.1) is 6.42 Å². The van der Waals surface area contributed by atoms with Crippen LogP contribution in [0.3, 0.4) is 0 Å². The Labute approximate surface area is 98.2 Å². The number of alkyl halides is 1. The van der Waals surface area contributed by atoms with E-state index in [1.807, 2.05) is 6.08 Å². The van der Waals surface area contributed by atoms with E-state index in [0.29, 0.717) is 18.3 Å². The van der Waals surface area contributed by atoms with Crippen LogP contribution in [0.4, 0.5) is 0 Å². The number of halogens is 1. The van der Waals surface area contributed by atoms with E-state index in [9.17, 15) is 4.79 Å². The molecule has 3 atom stereocenters. The van der Waals surface area contributed by atoms with Crippen LogP contribution in [0, 0.1) is 11.8 Å². The van der Waals surface area contributed by atoms with Crippen molar-refractivity contribution in [1.29, 1.82) is 0 Å². The highest BCUT2D eigenvalue weighted by Crippen LogP contribution is 2.51. The van der Waals surface area contributed by atoms with Crippen molar-refractivity contribution in [2.75, 3.05) is 4.43 Å². The second-order valence-corrected chi connectivity index (χ2v) is 5.03. The van der Waals surface area contributed by atoms with E-state index < -0.39 is 0 Å². The van der Waals surface area contributed by atoms with Crippen LogP contribution in [-0.4, -0.2) is 16.0 Å². The van der Waals surface area contributed by atoms with Gasteiger partial charge in [0, 0.05) is 16.3 Å². The SMILES string of the molecule is C=CCC1CCC2CC(=O)OC12CI. The Kier molecular flexibility index (Phi) is 2.86. The smallest absolute Gasteiger partial charge is 0.306 e. The monoisotopic (exact) mass is 306 g/mol. The molecule has 0 N–H and O–H groups in total. The number of hydrogen-bond donors (Lipinski definition) is 0. The minimum atomic E-state index is -0.147. The average molecular weight is 306 g/mol. The highest BCUT2D eigenvalue weighted by Gasteiger charge is 2.56. The van der Waals surface area contributed by atoms with Gasteiger partial charge in [0.25, 0.3) is 0 Å². The maximum Gasteiger partial charge on any atom is 0.306 e. The first-order chi connectivity index (χ1) is 6.73. The van der Waals surface area contributed by atoms with E-state index in [0.717, 1.165) is 17.3 Å². The van der Waals surface area contributed by atoms with Crippen molar-refractivity contribution in [3.8, 4) is 0 Å². The Hall–Kier alpha value is -0.0600. The summed E-state index contributed by atoms with van der Waals surface area (Å²) in [4.78, 5) is 11.3. The maximum atomic E-state index is 11.3. The van der Waals surface area contributed by atoms with Crippen LogP contribution in [0.5, 0.6) is 0 Å². The van der Waals surface area contributed by atoms with Crippen LogP contribution < -0.4 is 0 Å². The van der Waals surface area contributed by atoms with Gasteiger partial charge in [-0.2, -0.15) is 0 Å². The number of carbonyl (C=O) groups excluding carboxylic acids is 1. The molecule has 1 saturated carbocycles. The van der Waals surface area contributed by atoms with Gasteiger partial charge in [-0.1, -0.05) is 28.7 Å². The zero-order valence-electron chi connectivity index (χ0n) is 8.17. The first kappa shape index (κ1) is 10.5. The second-order valence-electron chi connectivity index (χ2n) is 4.26. The summed E-state index contributed by atoms with van der Waals surface area (Å²) in [5.74, 6) is 0.977. The lowest BCUT2D eigenvalue weighted by molar-refractivity contribution is -0.150. The Morgan fingerprint density at radius 2 is 2.43 bits per heavy atom. The molecule has 0 spiro atoms. The highest BCUT2D eigenvalue weighted by atomic mass is 127. The van der Waals surface area contributed by atoms with Gasteiger partial charge >= 0.3 is 5.97 Å². The Morgan fingerprint density at radius 3 is 3.07 bits per heavy atom. The van der Waals surface area contributed by atoms with Gasteiger partial charge in [-0.05, 0) is 19.3 Å². The first-order valence-electron chi connectivity index (χ1n) is 5.11. The van der Waals surface area contributed by atoms with Crippen LogP contribution in [0.2, 0.25) is 0 Å². The molecule has 14 heavy (non-hydrogen) atoms. The zero-order chi connectivity index (χ0) is 10.2. The number of hydrogen-bond acceptors (Lipinski definition) is 2. The molecule has 2 fully saturated rings. The van der Waals surface area contributed by atoms with Gasteiger partial charge < -0.3 is 4.74 Å². The van der Waals surface area contributed by atoms with Crippen molar-refractivity contribution in [2.45, 2.75) is 31.3 Å². The summed E-state index contributed by atoms with van der Waals surface area (Å²) in [5.41, 5.74) is -0.147. The van der Waals surface area contributed by atoms with Crippen LogP contribution in [0.25, 0.3) is 0 Å². The number of fused-ring (bicyclic) bond motifs is 1. The van der Waals surface area contributed by atoms with E-state index >= 15 is 0 Å². The van der Waals surface area contributed by atoms with Crippen molar-refractivity contribution in [3.63, 3.8) is 0 Å². The summed E-state index contributed by atoms with van der Waals surface area (Å²) in [6.07, 6.45) is 5.90. The van der Waals surface area contributed by atoms with Gasteiger partial charge in [0.1, 0.15) is 5.60 Å². The van der Waals surface area contributed by atoms with Crippen LogP contribution in [0.15, 0.2) is 12.7 Å². The molecule has 0 radical (unpaired) electrons. The van der Waals surface area contributed by atoms with Crippen molar-refractivity contribution in [2.24, 2.45) is 11.8 Å².